The average molecular weight is 526 g/mol. The first-order valence-corrected chi connectivity index (χ1v) is 13.1. The number of carbonyl (C=O) groups is 1. The maximum Gasteiger partial charge on any atom is 0.283 e. The SMILES string of the molecule is COc1cc(/C=C2/C(=N)N3C(c4ccccc4)=CSC3=NC2=O)ccc1OC[C@@H](C)COc1ccccc1. The van der Waals surface area contributed by atoms with Crippen molar-refractivity contribution in [3.8, 4) is 17.2 Å². The molecule has 1 amide bonds. The Labute approximate surface area is 225 Å². The van der Waals surface area contributed by atoms with Gasteiger partial charge >= 0.3 is 0 Å². The summed E-state index contributed by atoms with van der Waals surface area (Å²) in [4.78, 5) is 18.8. The van der Waals surface area contributed by atoms with Gasteiger partial charge in [0.25, 0.3) is 5.91 Å². The summed E-state index contributed by atoms with van der Waals surface area (Å²) in [6, 6.07) is 24.9. The fourth-order valence-electron chi connectivity index (χ4n) is 4.01. The van der Waals surface area contributed by atoms with E-state index in [0.717, 1.165) is 17.0 Å². The number of amidine groups is 2. The molecule has 2 aliphatic rings. The zero-order valence-corrected chi connectivity index (χ0v) is 21.9. The number of amides is 1. The minimum atomic E-state index is -0.442. The molecule has 0 radical (unpaired) electrons. The lowest BCUT2D eigenvalue weighted by molar-refractivity contribution is -0.114. The Morgan fingerprint density at radius 3 is 2.42 bits per heavy atom. The van der Waals surface area contributed by atoms with Crippen molar-refractivity contribution in [2.24, 2.45) is 10.9 Å². The summed E-state index contributed by atoms with van der Waals surface area (Å²) in [6.07, 6.45) is 1.67. The third kappa shape index (κ3) is 5.50. The Morgan fingerprint density at radius 2 is 1.68 bits per heavy atom. The number of carbonyl (C=O) groups excluding carboxylic acids is 1. The number of thioether (sulfide) groups is 1. The highest BCUT2D eigenvalue weighted by Crippen LogP contribution is 2.37. The minimum absolute atomic E-state index is 0.0895. The Balaban J connectivity index is 1.29. The Hall–Kier alpha value is -4.30. The van der Waals surface area contributed by atoms with Crippen LogP contribution in [0, 0.1) is 11.3 Å². The molecule has 8 heteroatoms. The first kappa shape index (κ1) is 25.4. The van der Waals surface area contributed by atoms with E-state index in [0.29, 0.717) is 35.4 Å². The van der Waals surface area contributed by atoms with Gasteiger partial charge in [-0.2, -0.15) is 4.99 Å². The molecule has 1 atom stereocenters. The summed E-state index contributed by atoms with van der Waals surface area (Å²) in [5.74, 6) is 1.76. The Bertz CT molecular complexity index is 1430. The fraction of sp³-hybridized carbons (Fsp3) is 0.167. The lowest BCUT2D eigenvalue weighted by Crippen LogP contribution is -2.38. The molecule has 1 N–H and O–H groups in total. The van der Waals surface area contributed by atoms with Crippen LogP contribution in [0.5, 0.6) is 17.2 Å². The number of methoxy groups -OCH3 is 1. The summed E-state index contributed by atoms with van der Waals surface area (Å²) in [6.45, 7) is 3.03. The molecule has 0 saturated heterocycles. The monoisotopic (exact) mass is 525 g/mol. The molecule has 2 aliphatic heterocycles. The van der Waals surface area contributed by atoms with E-state index in [9.17, 15) is 4.79 Å². The van der Waals surface area contributed by atoms with Crippen molar-refractivity contribution in [1.29, 1.82) is 5.41 Å². The van der Waals surface area contributed by atoms with Gasteiger partial charge in [0.1, 0.15) is 11.6 Å². The molecule has 3 aromatic carbocycles. The number of aliphatic imine (C=N–C) groups is 1. The molecule has 5 rings (SSSR count). The Morgan fingerprint density at radius 1 is 0.974 bits per heavy atom. The van der Waals surface area contributed by atoms with Gasteiger partial charge in [-0.15, -0.1) is 0 Å². The number of rotatable bonds is 9. The molecule has 38 heavy (non-hydrogen) atoms. The van der Waals surface area contributed by atoms with Crippen LogP contribution in [0.3, 0.4) is 0 Å². The fourth-order valence-corrected chi connectivity index (χ4v) is 4.90. The number of nitrogens with zero attached hydrogens (tertiary/aromatic N) is 2. The van der Waals surface area contributed by atoms with E-state index in [-0.39, 0.29) is 17.3 Å². The van der Waals surface area contributed by atoms with Gasteiger partial charge in [-0.25, -0.2) is 0 Å². The van der Waals surface area contributed by atoms with Crippen LogP contribution in [0.25, 0.3) is 11.8 Å². The highest BCUT2D eigenvalue weighted by atomic mass is 32.2. The van der Waals surface area contributed by atoms with Crippen molar-refractivity contribution in [3.63, 3.8) is 0 Å². The number of fused-ring (bicyclic) bond motifs is 1. The predicted octanol–water partition coefficient (Wildman–Crippen LogP) is 6.09. The molecular formula is C30H27N3O4S. The number of hydrogen-bond acceptors (Lipinski definition) is 6. The number of ether oxygens (including phenoxy) is 3. The van der Waals surface area contributed by atoms with Crippen LogP contribution in [0.15, 0.2) is 94.8 Å². The van der Waals surface area contributed by atoms with Crippen LogP contribution in [0.4, 0.5) is 0 Å². The number of nitrogens with one attached hydrogen (secondary N) is 1. The summed E-state index contributed by atoms with van der Waals surface area (Å²) >= 11 is 1.34. The standard InChI is InChI=1S/C30H27N3O4S/c1-20(17-36-23-11-7-4-8-12-23)18-37-26-14-13-21(16-27(26)35-2)15-24-28(31)33-25(22-9-5-3-6-10-22)19-38-30(33)32-29(24)34/h3-16,19-20,31H,17-18H2,1-2H3/b24-15-,31-28?/t20-/m0/s1. The predicted molar refractivity (Wildman–Crippen MR) is 152 cm³/mol. The lowest BCUT2D eigenvalue weighted by atomic mass is 10.1. The van der Waals surface area contributed by atoms with Crippen LogP contribution < -0.4 is 14.2 Å². The highest BCUT2D eigenvalue weighted by Gasteiger charge is 2.36. The normalized spacial score (nSPS) is 16.6. The van der Waals surface area contributed by atoms with Crippen LogP contribution in [-0.4, -0.2) is 42.1 Å². The topological polar surface area (TPSA) is 84.2 Å². The third-order valence-corrected chi connectivity index (χ3v) is 6.81. The van der Waals surface area contributed by atoms with Gasteiger partial charge < -0.3 is 14.2 Å². The van der Waals surface area contributed by atoms with Gasteiger partial charge in [-0.3, -0.25) is 15.1 Å². The summed E-state index contributed by atoms with van der Waals surface area (Å²) in [7, 11) is 1.57. The van der Waals surface area contributed by atoms with Crippen molar-refractivity contribution in [2.75, 3.05) is 20.3 Å². The molecule has 0 saturated carbocycles. The average Bonchev–Trinajstić information content (AvgIpc) is 3.38. The van der Waals surface area contributed by atoms with Crippen molar-refractivity contribution >= 4 is 40.4 Å². The second kappa shape index (κ2) is 11.4. The number of para-hydroxylation sites is 1. The Kier molecular flexibility index (Phi) is 7.60. The van der Waals surface area contributed by atoms with E-state index in [4.69, 9.17) is 19.6 Å². The second-order valence-electron chi connectivity index (χ2n) is 8.88. The van der Waals surface area contributed by atoms with Crippen LogP contribution in [-0.2, 0) is 4.79 Å². The van der Waals surface area contributed by atoms with E-state index < -0.39 is 5.91 Å². The molecule has 0 aromatic heterocycles. The molecule has 0 fully saturated rings. The molecular weight excluding hydrogens is 498 g/mol. The van der Waals surface area contributed by atoms with E-state index in [1.54, 1.807) is 24.2 Å². The number of benzene rings is 3. The maximum absolute atomic E-state index is 12.8. The largest absolute Gasteiger partial charge is 0.493 e. The maximum atomic E-state index is 12.8. The molecule has 192 valence electrons. The van der Waals surface area contributed by atoms with Crippen molar-refractivity contribution in [1.82, 2.24) is 4.90 Å². The van der Waals surface area contributed by atoms with E-state index >= 15 is 0 Å². The van der Waals surface area contributed by atoms with Gasteiger partial charge in [-0.05, 0) is 41.5 Å². The summed E-state index contributed by atoms with van der Waals surface area (Å²) in [5, 5.41) is 11.2. The van der Waals surface area contributed by atoms with Gasteiger partial charge in [0, 0.05) is 11.3 Å². The number of hydrogen-bond donors (Lipinski definition) is 1. The zero-order chi connectivity index (χ0) is 26.5. The minimum Gasteiger partial charge on any atom is -0.493 e. The highest BCUT2D eigenvalue weighted by molar-refractivity contribution is 8.17. The van der Waals surface area contributed by atoms with Crippen molar-refractivity contribution in [3.05, 3.63) is 101 Å². The molecule has 7 nitrogen and oxygen atoms in total. The quantitative estimate of drug-likeness (QED) is 0.340. The molecule has 0 unspecified atom stereocenters. The molecule has 2 heterocycles. The van der Waals surface area contributed by atoms with Gasteiger partial charge in [0.15, 0.2) is 16.7 Å². The van der Waals surface area contributed by atoms with Crippen LogP contribution in [0.1, 0.15) is 18.1 Å². The molecule has 0 bridgehead atoms. The smallest absolute Gasteiger partial charge is 0.283 e. The summed E-state index contributed by atoms with van der Waals surface area (Å²) in [5.41, 5.74) is 2.69. The third-order valence-electron chi connectivity index (χ3n) is 5.98. The summed E-state index contributed by atoms with van der Waals surface area (Å²) < 4.78 is 17.4. The van der Waals surface area contributed by atoms with Crippen molar-refractivity contribution < 1.29 is 19.0 Å². The van der Waals surface area contributed by atoms with Gasteiger partial charge in [0.2, 0.25) is 0 Å². The molecule has 0 spiro atoms. The van der Waals surface area contributed by atoms with Crippen LogP contribution >= 0.6 is 11.8 Å². The first-order chi connectivity index (χ1) is 18.5. The van der Waals surface area contributed by atoms with E-state index in [2.05, 4.69) is 11.9 Å². The molecule has 3 aromatic rings. The lowest BCUT2D eigenvalue weighted by Gasteiger charge is -2.27. The van der Waals surface area contributed by atoms with E-state index in [1.165, 1.54) is 11.8 Å². The van der Waals surface area contributed by atoms with Crippen molar-refractivity contribution in [2.45, 2.75) is 6.92 Å². The van der Waals surface area contributed by atoms with Gasteiger partial charge in [-0.1, -0.05) is 73.3 Å². The zero-order valence-electron chi connectivity index (χ0n) is 21.1. The van der Waals surface area contributed by atoms with Gasteiger partial charge in [0.05, 0.1) is 31.6 Å². The van der Waals surface area contributed by atoms with Crippen LogP contribution in [0.2, 0.25) is 0 Å². The first-order valence-electron chi connectivity index (χ1n) is 12.2. The second-order valence-corrected chi connectivity index (χ2v) is 9.72. The van der Waals surface area contributed by atoms with E-state index in [1.807, 2.05) is 78.2 Å². The molecule has 0 aliphatic carbocycles.